The maximum atomic E-state index is 12.7. The molecule has 3 N–H and O–H groups in total. The van der Waals surface area contributed by atoms with Crippen molar-refractivity contribution in [2.24, 2.45) is 11.1 Å². The Balaban J connectivity index is 1.12. The van der Waals surface area contributed by atoms with Gasteiger partial charge < -0.3 is 25.4 Å². The molecule has 4 aliphatic rings. The Morgan fingerprint density at radius 1 is 1.18 bits per heavy atom. The molecule has 1 spiro atoms. The molecule has 208 valence electrons. The number of nitrogens with zero attached hydrogens (tertiary/aromatic N) is 7. The van der Waals surface area contributed by atoms with Crippen molar-refractivity contribution in [2.45, 2.75) is 54.8 Å². The van der Waals surface area contributed by atoms with Crippen molar-refractivity contribution in [2.75, 3.05) is 43.1 Å². The van der Waals surface area contributed by atoms with Crippen molar-refractivity contribution >= 4 is 29.4 Å². The fourth-order valence-corrected chi connectivity index (χ4v) is 7.51. The third-order valence-corrected chi connectivity index (χ3v) is 9.93. The smallest absolute Gasteiger partial charge is 0.326 e. The summed E-state index contributed by atoms with van der Waals surface area (Å²) >= 11 is 1.42. The molecular weight excluding hydrogens is 528 g/mol. The number of hydrogen-bond donors (Lipinski definition) is 2. The number of anilines is 2. The highest BCUT2D eigenvalue weighted by molar-refractivity contribution is 7.99. The first kappa shape index (κ1) is 25.5. The lowest BCUT2D eigenvalue weighted by atomic mass is 9.73. The topological polar surface area (TPSA) is 134 Å². The van der Waals surface area contributed by atoms with Gasteiger partial charge in [-0.3, -0.25) is 9.88 Å². The van der Waals surface area contributed by atoms with Gasteiger partial charge in [-0.1, -0.05) is 17.8 Å². The maximum absolute atomic E-state index is 12.7. The summed E-state index contributed by atoms with van der Waals surface area (Å²) in [6.45, 7) is 4.32. The van der Waals surface area contributed by atoms with Crippen molar-refractivity contribution in [1.82, 2.24) is 24.8 Å². The standard InChI is InChI=1S/C28H32N8O3S/c1-16-26(40-21-5-9-31-25-22(21)39-15-17-13-34(2)27(38)36(17)25)33-20(14-37)24(32-16)35-10-6-28(7-11-35)12-19-18(23(28)29)4-3-8-30-19/h3-5,8-9,17,23,37H,6-7,10-15,29H2,1-2H3/t17?,23-/m1/s1. The number of aliphatic hydroxyl groups excluding tert-OH is 1. The summed E-state index contributed by atoms with van der Waals surface area (Å²) < 4.78 is 6.11. The SMILES string of the molecule is Cc1nc(N2CCC3(CC2)Cc2ncccc2[C@H]3N)c(CO)nc1Sc1ccnc2c1OCC1CN(C)C(=O)N21. The van der Waals surface area contributed by atoms with E-state index in [9.17, 15) is 9.90 Å². The molecule has 0 radical (unpaired) electrons. The van der Waals surface area contributed by atoms with Crippen LogP contribution in [0.2, 0.25) is 0 Å². The van der Waals surface area contributed by atoms with Crippen molar-refractivity contribution < 1.29 is 14.6 Å². The molecule has 2 saturated heterocycles. The molecule has 3 aromatic heterocycles. The van der Waals surface area contributed by atoms with Gasteiger partial charge in [-0.15, -0.1) is 0 Å². The van der Waals surface area contributed by atoms with Gasteiger partial charge in [-0.25, -0.2) is 19.7 Å². The van der Waals surface area contributed by atoms with Crippen LogP contribution in [0.4, 0.5) is 16.4 Å². The first-order valence-electron chi connectivity index (χ1n) is 13.7. The second-order valence-electron chi connectivity index (χ2n) is 11.1. The zero-order valence-electron chi connectivity index (χ0n) is 22.6. The minimum atomic E-state index is -0.214. The van der Waals surface area contributed by atoms with E-state index in [1.807, 2.05) is 25.3 Å². The number of amides is 2. The predicted molar refractivity (Wildman–Crippen MR) is 150 cm³/mol. The molecule has 1 aliphatic carbocycles. The fraction of sp³-hybridized carbons (Fsp3) is 0.464. The number of urea groups is 1. The second-order valence-corrected chi connectivity index (χ2v) is 12.2. The molecule has 0 aromatic carbocycles. The van der Waals surface area contributed by atoms with Crippen molar-refractivity contribution in [1.29, 1.82) is 0 Å². The average Bonchev–Trinajstić information content (AvgIpc) is 3.42. The highest BCUT2D eigenvalue weighted by atomic mass is 32.2. The van der Waals surface area contributed by atoms with Crippen LogP contribution in [-0.2, 0) is 13.0 Å². The summed E-state index contributed by atoms with van der Waals surface area (Å²) in [5, 5.41) is 11.0. The summed E-state index contributed by atoms with van der Waals surface area (Å²) in [6, 6.07) is 5.80. The van der Waals surface area contributed by atoms with Gasteiger partial charge in [0.1, 0.15) is 17.3 Å². The fourth-order valence-electron chi connectivity index (χ4n) is 6.59. The lowest BCUT2D eigenvalue weighted by Crippen LogP contribution is -2.45. The molecule has 3 aromatic rings. The number of pyridine rings is 2. The van der Waals surface area contributed by atoms with Gasteiger partial charge in [0, 0.05) is 50.8 Å². The average molecular weight is 561 g/mol. The number of rotatable bonds is 4. The van der Waals surface area contributed by atoms with E-state index in [1.165, 1.54) is 17.3 Å². The molecule has 2 atom stereocenters. The highest BCUT2D eigenvalue weighted by Gasteiger charge is 2.47. The van der Waals surface area contributed by atoms with Gasteiger partial charge >= 0.3 is 6.03 Å². The van der Waals surface area contributed by atoms with E-state index in [4.69, 9.17) is 20.4 Å². The summed E-state index contributed by atoms with van der Waals surface area (Å²) in [4.78, 5) is 38.0. The summed E-state index contributed by atoms with van der Waals surface area (Å²) in [6.07, 6.45) is 6.30. The minimum absolute atomic E-state index is 0.00973. The summed E-state index contributed by atoms with van der Waals surface area (Å²) in [7, 11) is 1.79. The lowest BCUT2D eigenvalue weighted by Gasteiger charge is -2.42. The Morgan fingerprint density at radius 3 is 2.77 bits per heavy atom. The van der Waals surface area contributed by atoms with Crippen LogP contribution in [0.1, 0.15) is 41.5 Å². The first-order valence-corrected chi connectivity index (χ1v) is 14.5. The van der Waals surface area contributed by atoms with Crippen LogP contribution < -0.4 is 20.3 Å². The van der Waals surface area contributed by atoms with Gasteiger partial charge in [0.15, 0.2) is 17.4 Å². The molecule has 3 aliphatic heterocycles. The Kier molecular flexibility index (Phi) is 6.09. The molecule has 0 bridgehead atoms. The van der Waals surface area contributed by atoms with Crippen molar-refractivity contribution in [3.8, 4) is 5.75 Å². The van der Waals surface area contributed by atoms with E-state index in [0.29, 0.717) is 35.4 Å². The Hall–Kier alpha value is -3.48. The molecule has 2 amide bonds. The Labute approximate surface area is 236 Å². The molecule has 40 heavy (non-hydrogen) atoms. The van der Waals surface area contributed by atoms with Gasteiger partial charge in [-0.2, -0.15) is 0 Å². The molecule has 12 heteroatoms. The van der Waals surface area contributed by atoms with Crippen LogP contribution in [-0.4, -0.2) is 75.3 Å². The zero-order valence-corrected chi connectivity index (χ0v) is 23.4. The molecule has 0 saturated carbocycles. The van der Waals surface area contributed by atoms with E-state index in [0.717, 1.165) is 54.5 Å². The molecule has 11 nitrogen and oxygen atoms in total. The van der Waals surface area contributed by atoms with Gasteiger partial charge in [0.25, 0.3) is 0 Å². The number of likely N-dealkylation sites (N-methyl/N-ethyl adjacent to an activating group) is 1. The number of nitrogens with two attached hydrogens (primary N) is 1. The largest absolute Gasteiger partial charge is 0.486 e. The number of carbonyl (C=O) groups is 1. The number of piperidine rings is 1. The maximum Gasteiger partial charge on any atom is 0.326 e. The normalized spacial score (nSPS) is 22.8. The monoisotopic (exact) mass is 560 g/mol. The minimum Gasteiger partial charge on any atom is -0.486 e. The van der Waals surface area contributed by atoms with Gasteiger partial charge in [-0.05, 0) is 49.3 Å². The number of hydrogen-bond acceptors (Lipinski definition) is 10. The van der Waals surface area contributed by atoms with Crippen molar-refractivity contribution in [3.05, 3.63) is 53.2 Å². The number of carbonyl (C=O) groups excluding carboxylic acids is 1. The third kappa shape index (κ3) is 3.92. The lowest BCUT2D eigenvalue weighted by molar-refractivity contribution is 0.186. The number of fused-ring (bicyclic) bond motifs is 4. The highest BCUT2D eigenvalue weighted by Crippen LogP contribution is 2.50. The quantitative estimate of drug-likeness (QED) is 0.491. The van der Waals surface area contributed by atoms with Crippen LogP contribution in [0.5, 0.6) is 5.75 Å². The molecule has 1 unspecified atom stereocenters. The molecule has 6 heterocycles. The van der Waals surface area contributed by atoms with Crippen LogP contribution >= 0.6 is 11.8 Å². The first-order chi connectivity index (χ1) is 19.4. The van der Waals surface area contributed by atoms with E-state index in [2.05, 4.69) is 20.9 Å². The summed E-state index contributed by atoms with van der Waals surface area (Å²) in [5.41, 5.74) is 10.3. The molecular formula is C28H32N8O3S. The third-order valence-electron chi connectivity index (χ3n) is 8.81. The zero-order chi connectivity index (χ0) is 27.6. The van der Waals surface area contributed by atoms with Crippen LogP contribution in [0.3, 0.4) is 0 Å². The Morgan fingerprint density at radius 2 is 2.00 bits per heavy atom. The van der Waals surface area contributed by atoms with E-state index >= 15 is 0 Å². The number of aryl methyl sites for hydroxylation is 1. The van der Waals surface area contributed by atoms with Gasteiger partial charge in [0.05, 0.1) is 23.2 Å². The predicted octanol–water partition coefficient (Wildman–Crippen LogP) is 2.69. The van der Waals surface area contributed by atoms with E-state index in [-0.39, 0.29) is 30.1 Å². The van der Waals surface area contributed by atoms with Crippen LogP contribution in [0.25, 0.3) is 0 Å². The van der Waals surface area contributed by atoms with Crippen LogP contribution in [0.15, 0.2) is 40.5 Å². The van der Waals surface area contributed by atoms with Crippen molar-refractivity contribution in [3.63, 3.8) is 0 Å². The molecule has 7 rings (SSSR count). The summed E-state index contributed by atoms with van der Waals surface area (Å²) in [5.74, 6) is 1.83. The molecule has 2 fully saturated rings. The number of aromatic nitrogens is 4. The Bertz CT molecular complexity index is 1490. The number of ether oxygens (including phenoxy) is 1. The second kappa shape index (κ2) is 9.57. The van der Waals surface area contributed by atoms with E-state index in [1.54, 1.807) is 23.0 Å². The van der Waals surface area contributed by atoms with Crippen LogP contribution in [0, 0.1) is 12.3 Å². The van der Waals surface area contributed by atoms with E-state index < -0.39 is 0 Å². The van der Waals surface area contributed by atoms with Gasteiger partial charge in [0.2, 0.25) is 0 Å². The number of aliphatic hydroxyl groups is 1.